The Morgan fingerprint density at radius 2 is 1.81 bits per heavy atom. The first-order valence-corrected chi connectivity index (χ1v) is 15.2. The fourth-order valence-corrected chi connectivity index (χ4v) is 7.00. The highest BCUT2D eigenvalue weighted by Crippen LogP contribution is 2.34. The van der Waals surface area contributed by atoms with Gasteiger partial charge in [-0.25, -0.2) is 9.98 Å². The summed E-state index contributed by atoms with van der Waals surface area (Å²) < 4.78 is 8.60. The molecule has 12 heteroatoms. The Morgan fingerprint density at radius 1 is 1.10 bits per heavy atom. The van der Waals surface area contributed by atoms with Gasteiger partial charge in [-0.15, -0.1) is 0 Å². The zero-order chi connectivity index (χ0) is 29.4. The van der Waals surface area contributed by atoms with Crippen molar-refractivity contribution in [2.45, 2.75) is 30.1 Å². The highest BCUT2D eigenvalue weighted by molar-refractivity contribution is 9.10. The van der Waals surface area contributed by atoms with Crippen LogP contribution in [0.5, 0.6) is 0 Å². The summed E-state index contributed by atoms with van der Waals surface area (Å²) in [5.41, 5.74) is 2.40. The van der Waals surface area contributed by atoms with Crippen LogP contribution >= 0.6 is 39.0 Å². The minimum atomic E-state index is -0.674. The van der Waals surface area contributed by atoms with Crippen molar-refractivity contribution >= 4 is 56.7 Å². The summed E-state index contributed by atoms with van der Waals surface area (Å²) in [7, 11) is 0. The quantitative estimate of drug-likeness (QED) is 0.253. The standard InChI is InChI=1S/C30H22BrN5O4S2/c1-16-13-23(37)35-29(32-16)42-28-21(31)14-20(40-28)15-22-27(39)36-25(18-9-5-3-6-10-18)24(17(2)33-30(36)41-22)26(38)34-19-11-7-4-8-12-19/h3-15,25H,1-2H3,(H,34,38)(H,32,35,37)/b22-15+/t25-/m1/s1. The Kier molecular flexibility index (Phi) is 7.67. The number of nitrogens with one attached hydrogen (secondary N) is 2. The van der Waals surface area contributed by atoms with Gasteiger partial charge in [0.2, 0.25) is 0 Å². The number of benzene rings is 2. The van der Waals surface area contributed by atoms with Crippen molar-refractivity contribution in [2.24, 2.45) is 4.99 Å². The Morgan fingerprint density at radius 3 is 2.52 bits per heavy atom. The topological polar surface area (TPSA) is 122 Å². The van der Waals surface area contributed by atoms with Crippen LogP contribution in [0, 0.1) is 6.92 Å². The Balaban J connectivity index is 1.41. The summed E-state index contributed by atoms with van der Waals surface area (Å²) in [4.78, 5) is 51.5. The van der Waals surface area contributed by atoms with Crippen molar-refractivity contribution in [3.05, 3.63) is 136 Å². The van der Waals surface area contributed by atoms with Gasteiger partial charge < -0.3 is 14.7 Å². The van der Waals surface area contributed by atoms with Gasteiger partial charge in [0, 0.05) is 23.5 Å². The summed E-state index contributed by atoms with van der Waals surface area (Å²) in [6.45, 7) is 3.52. The lowest BCUT2D eigenvalue weighted by Crippen LogP contribution is -2.40. The van der Waals surface area contributed by atoms with Gasteiger partial charge in [-0.3, -0.25) is 19.0 Å². The number of nitrogens with zero attached hydrogens (tertiary/aromatic N) is 3. The lowest BCUT2D eigenvalue weighted by molar-refractivity contribution is -0.113. The van der Waals surface area contributed by atoms with Crippen LogP contribution < -0.4 is 25.8 Å². The predicted molar refractivity (Wildman–Crippen MR) is 165 cm³/mol. The molecule has 0 radical (unpaired) electrons. The third-order valence-corrected chi connectivity index (χ3v) is 9.11. The molecule has 1 amide bonds. The number of rotatable bonds is 6. The van der Waals surface area contributed by atoms with Gasteiger partial charge in [0.25, 0.3) is 17.0 Å². The summed E-state index contributed by atoms with van der Waals surface area (Å²) in [6.07, 6.45) is 1.65. The summed E-state index contributed by atoms with van der Waals surface area (Å²) in [6, 6.07) is 21.1. The zero-order valence-electron chi connectivity index (χ0n) is 22.3. The molecule has 42 heavy (non-hydrogen) atoms. The second kappa shape index (κ2) is 11.6. The van der Waals surface area contributed by atoms with E-state index in [9.17, 15) is 14.4 Å². The number of anilines is 1. The largest absolute Gasteiger partial charge is 0.449 e. The minimum absolute atomic E-state index is 0.255. The first-order chi connectivity index (χ1) is 20.3. The van der Waals surface area contributed by atoms with Crippen molar-refractivity contribution in [3.8, 4) is 0 Å². The number of furan rings is 1. The van der Waals surface area contributed by atoms with Crippen LogP contribution in [0.1, 0.15) is 30.0 Å². The van der Waals surface area contributed by atoms with Gasteiger partial charge >= 0.3 is 0 Å². The van der Waals surface area contributed by atoms with Crippen molar-refractivity contribution < 1.29 is 9.21 Å². The Labute approximate surface area is 255 Å². The van der Waals surface area contributed by atoms with E-state index in [1.807, 2.05) is 48.5 Å². The fourth-order valence-electron chi connectivity index (χ4n) is 4.61. The molecule has 0 bridgehead atoms. The van der Waals surface area contributed by atoms with E-state index in [1.165, 1.54) is 17.4 Å². The van der Waals surface area contributed by atoms with Crippen LogP contribution in [0.15, 0.2) is 118 Å². The third kappa shape index (κ3) is 5.60. The molecule has 0 saturated heterocycles. The number of aromatic nitrogens is 3. The molecule has 4 heterocycles. The molecular formula is C30H22BrN5O4S2. The molecular weight excluding hydrogens is 638 g/mol. The van der Waals surface area contributed by atoms with Gasteiger partial charge in [-0.05, 0) is 65.3 Å². The number of hydrogen-bond donors (Lipinski definition) is 2. The molecule has 9 nitrogen and oxygen atoms in total. The second-order valence-corrected chi connectivity index (χ2v) is 12.2. The monoisotopic (exact) mass is 659 g/mol. The number of aryl methyl sites for hydroxylation is 1. The van der Waals surface area contributed by atoms with Crippen LogP contribution in [-0.4, -0.2) is 20.4 Å². The maximum absolute atomic E-state index is 13.9. The summed E-state index contributed by atoms with van der Waals surface area (Å²) in [5.74, 6) is 0.101. The van der Waals surface area contributed by atoms with Crippen LogP contribution in [0.3, 0.4) is 0 Å². The highest BCUT2D eigenvalue weighted by Gasteiger charge is 2.32. The van der Waals surface area contributed by atoms with E-state index in [-0.39, 0.29) is 17.0 Å². The number of allylic oxidation sites excluding steroid dienone is 1. The lowest BCUT2D eigenvalue weighted by atomic mass is 9.95. The molecule has 2 N–H and O–H groups in total. The maximum Gasteiger partial charge on any atom is 0.271 e. The molecule has 5 aromatic rings. The first kappa shape index (κ1) is 27.9. The van der Waals surface area contributed by atoms with Gasteiger partial charge in [0.15, 0.2) is 15.1 Å². The number of carbonyl (C=O) groups excluding carboxylic acids is 1. The Bertz CT molecular complexity index is 2100. The van der Waals surface area contributed by atoms with Crippen LogP contribution in [0.2, 0.25) is 0 Å². The normalized spacial score (nSPS) is 14.9. The molecule has 1 aliphatic heterocycles. The SMILES string of the molecule is CC1=C(C(=O)Nc2ccccc2)[C@@H](c2ccccc2)n2c(s/c(=C/c3cc(Br)c(Sc4nc(C)cc(=O)[nH]4)o3)c2=O)=N1. The number of halogens is 1. The molecule has 0 aliphatic carbocycles. The van der Waals surface area contributed by atoms with Gasteiger partial charge in [-0.1, -0.05) is 59.9 Å². The summed E-state index contributed by atoms with van der Waals surface area (Å²) in [5, 5.41) is 3.81. The highest BCUT2D eigenvalue weighted by atomic mass is 79.9. The van der Waals surface area contributed by atoms with Gasteiger partial charge in [-0.2, -0.15) is 0 Å². The van der Waals surface area contributed by atoms with Crippen LogP contribution in [-0.2, 0) is 4.79 Å². The van der Waals surface area contributed by atoms with E-state index in [2.05, 4.69) is 36.2 Å². The number of amides is 1. The number of carbonyl (C=O) groups is 1. The van der Waals surface area contributed by atoms with Crippen molar-refractivity contribution in [1.29, 1.82) is 0 Å². The number of fused-ring (bicyclic) bond motifs is 1. The van der Waals surface area contributed by atoms with Crippen molar-refractivity contribution in [2.75, 3.05) is 5.32 Å². The average molecular weight is 661 g/mol. The summed E-state index contributed by atoms with van der Waals surface area (Å²) >= 11 is 5.87. The molecule has 1 atom stereocenters. The number of aromatic amines is 1. The minimum Gasteiger partial charge on any atom is -0.449 e. The lowest BCUT2D eigenvalue weighted by Gasteiger charge is -2.25. The van der Waals surface area contributed by atoms with Crippen molar-refractivity contribution in [1.82, 2.24) is 14.5 Å². The molecule has 6 rings (SSSR count). The maximum atomic E-state index is 13.9. The Hall–Kier alpha value is -4.26. The first-order valence-electron chi connectivity index (χ1n) is 12.8. The average Bonchev–Trinajstić information content (AvgIpc) is 3.45. The zero-order valence-corrected chi connectivity index (χ0v) is 25.5. The van der Waals surface area contributed by atoms with E-state index in [4.69, 9.17) is 4.42 Å². The van der Waals surface area contributed by atoms with Crippen LogP contribution in [0.25, 0.3) is 6.08 Å². The third-order valence-electron chi connectivity index (χ3n) is 6.40. The van der Waals surface area contributed by atoms with E-state index >= 15 is 0 Å². The molecule has 2 aromatic carbocycles. The molecule has 3 aromatic heterocycles. The molecule has 0 saturated carbocycles. The molecule has 0 spiro atoms. The number of hydrogen-bond acceptors (Lipinski definition) is 8. The van der Waals surface area contributed by atoms with Crippen LogP contribution in [0.4, 0.5) is 5.69 Å². The number of H-pyrrole nitrogens is 1. The van der Waals surface area contributed by atoms with E-state index < -0.39 is 6.04 Å². The fraction of sp³-hybridized carbons (Fsp3) is 0.100. The van der Waals surface area contributed by atoms with E-state index in [0.717, 1.165) is 17.3 Å². The molecule has 0 fully saturated rings. The molecule has 210 valence electrons. The predicted octanol–water partition coefficient (Wildman–Crippen LogP) is 4.77. The second-order valence-electron chi connectivity index (χ2n) is 9.39. The molecule has 1 aliphatic rings. The smallest absolute Gasteiger partial charge is 0.271 e. The van der Waals surface area contributed by atoms with Gasteiger partial charge in [0.1, 0.15) is 5.76 Å². The van der Waals surface area contributed by atoms with E-state index in [1.54, 1.807) is 42.7 Å². The van der Waals surface area contributed by atoms with Crippen molar-refractivity contribution in [3.63, 3.8) is 0 Å². The van der Waals surface area contributed by atoms with E-state index in [0.29, 0.717) is 52.5 Å². The number of thiazole rings is 1. The molecule has 0 unspecified atom stereocenters. The van der Waals surface area contributed by atoms with Gasteiger partial charge in [0.05, 0.1) is 26.3 Å². The number of para-hydroxylation sites is 1.